The van der Waals surface area contributed by atoms with E-state index in [2.05, 4.69) is 17.2 Å². The summed E-state index contributed by atoms with van der Waals surface area (Å²) in [6, 6.07) is 5.96. The van der Waals surface area contributed by atoms with Gasteiger partial charge in [-0.1, -0.05) is 6.92 Å². The van der Waals surface area contributed by atoms with Crippen LogP contribution in [0.5, 0.6) is 5.75 Å². The molecule has 20 heavy (non-hydrogen) atoms. The van der Waals surface area contributed by atoms with Gasteiger partial charge in [-0.15, -0.1) is 0 Å². The Bertz CT molecular complexity index is 582. The first-order valence-electron chi connectivity index (χ1n) is 7.07. The molecule has 2 aromatic rings. The summed E-state index contributed by atoms with van der Waals surface area (Å²) in [5.41, 5.74) is 1.63. The van der Waals surface area contributed by atoms with Gasteiger partial charge in [-0.3, -0.25) is 0 Å². The van der Waals surface area contributed by atoms with E-state index in [4.69, 9.17) is 13.9 Å². The van der Waals surface area contributed by atoms with Crippen molar-refractivity contribution >= 4 is 11.1 Å². The molecule has 0 spiro atoms. The maximum Gasteiger partial charge on any atom is 0.202 e. The molecule has 0 bridgehead atoms. The molecule has 1 aliphatic heterocycles. The molecule has 108 valence electrons. The van der Waals surface area contributed by atoms with Crippen LogP contribution < -0.4 is 10.1 Å². The van der Waals surface area contributed by atoms with Crippen molar-refractivity contribution < 1.29 is 13.9 Å². The normalized spacial score (nSPS) is 22.5. The van der Waals surface area contributed by atoms with Gasteiger partial charge in [0.2, 0.25) is 5.89 Å². The van der Waals surface area contributed by atoms with Crippen molar-refractivity contribution in [2.75, 3.05) is 26.9 Å². The van der Waals surface area contributed by atoms with Gasteiger partial charge in [0, 0.05) is 12.1 Å². The summed E-state index contributed by atoms with van der Waals surface area (Å²) in [5.74, 6) is 1.72. The lowest BCUT2D eigenvalue weighted by Gasteiger charge is -2.15. The molecule has 2 atom stereocenters. The first-order chi connectivity index (χ1) is 9.81. The van der Waals surface area contributed by atoms with Crippen molar-refractivity contribution in [3.8, 4) is 5.75 Å². The predicted molar refractivity (Wildman–Crippen MR) is 76.2 cm³/mol. The minimum absolute atomic E-state index is 0.181. The van der Waals surface area contributed by atoms with Gasteiger partial charge in [0.25, 0.3) is 0 Å². The first kappa shape index (κ1) is 13.4. The van der Waals surface area contributed by atoms with Gasteiger partial charge in [-0.2, -0.15) is 0 Å². The van der Waals surface area contributed by atoms with Gasteiger partial charge in [-0.05, 0) is 25.1 Å². The molecule has 1 aromatic heterocycles. The second-order valence-electron chi connectivity index (χ2n) is 5.09. The zero-order valence-electron chi connectivity index (χ0n) is 11.9. The Hall–Kier alpha value is -1.59. The van der Waals surface area contributed by atoms with E-state index in [1.807, 2.05) is 18.2 Å². The highest BCUT2D eigenvalue weighted by Gasteiger charge is 2.33. The number of hydrogen-bond acceptors (Lipinski definition) is 5. The van der Waals surface area contributed by atoms with E-state index in [-0.39, 0.29) is 12.0 Å². The zero-order chi connectivity index (χ0) is 13.9. The second-order valence-corrected chi connectivity index (χ2v) is 5.09. The lowest BCUT2D eigenvalue weighted by Crippen LogP contribution is -2.34. The highest BCUT2D eigenvalue weighted by atomic mass is 16.5. The molecule has 1 N–H and O–H groups in total. The van der Waals surface area contributed by atoms with E-state index in [1.165, 1.54) is 0 Å². The van der Waals surface area contributed by atoms with Crippen molar-refractivity contribution in [3.63, 3.8) is 0 Å². The Morgan fingerprint density at radius 2 is 2.30 bits per heavy atom. The fraction of sp³-hybridized carbons (Fsp3) is 0.533. The molecular weight excluding hydrogens is 256 g/mol. The molecule has 0 amide bonds. The number of hydrogen-bond donors (Lipinski definition) is 1. The van der Waals surface area contributed by atoms with Crippen LogP contribution in [0.2, 0.25) is 0 Å². The zero-order valence-corrected chi connectivity index (χ0v) is 11.9. The Morgan fingerprint density at radius 3 is 3.10 bits per heavy atom. The lowest BCUT2D eigenvalue weighted by molar-refractivity contribution is 0.186. The number of aromatic nitrogens is 1. The fourth-order valence-electron chi connectivity index (χ4n) is 2.54. The molecule has 1 aromatic carbocycles. The predicted octanol–water partition coefficient (Wildman–Crippen LogP) is 2.32. The van der Waals surface area contributed by atoms with Gasteiger partial charge in [0.05, 0.1) is 26.2 Å². The summed E-state index contributed by atoms with van der Waals surface area (Å²) in [6.45, 7) is 4.51. The van der Waals surface area contributed by atoms with Crippen molar-refractivity contribution in [2.45, 2.75) is 25.3 Å². The molecule has 3 rings (SSSR count). The van der Waals surface area contributed by atoms with Gasteiger partial charge in [-0.25, -0.2) is 4.98 Å². The molecule has 2 heterocycles. The third-order valence-corrected chi connectivity index (χ3v) is 3.67. The molecule has 0 saturated carbocycles. The minimum atomic E-state index is 0.181. The minimum Gasteiger partial charge on any atom is -0.497 e. The Morgan fingerprint density at radius 1 is 1.40 bits per heavy atom. The quantitative estimate of drug-likeness (QED) is 0.908. The van der Waals surface area contributed by atoms with E-state index < -0.39 is 0 Å². The molecule has 0 aliphatic carbocycles. The number of fused-ring (bicyclic) bond motifs is 1. The van der Waals surface area contributed by atoms with Gasteiger partial charge in [0.1, 0.15) is 11.3 Å². The standard InChI is InChI=1S/C15H20N2O3/c1-3-6-16-13-9-19-8-11(13)15-17-12-7-10(18-2)4-5-14(12)20-15/h4-5,7,11,13,16H,3,6,8-9H2,1-2H3. The smallest absolute Gasteiger partial charge is 0.202 e. The van der Waals surface area contributed by atoms with Crippen LogP contribution in [0.3, 0.4) is 0 Å². The van der Waals surface area contributed by atoms with Gasteiger partial charge < -0.3 is 19.2 Å². The maximum absolute atomic E-state index is 5.88. The van der Waals surface area contributed by atoms with Crippen molar-refractivity contribution in [2.24, 2.45) is 0 Å². The van der Waals surface area contributed by atoms with Crippen LogP contribution in [0.25, 0.3) is 11.1 Å². The number of oxazole rings is 1. The number of nitrogens with one attached hydrogen (secondary N) is 1. The molecular formula is C15H20N2O3. The Labute approximate surface area is 118 Å². The number of rotatable bonds is 5. The molecule has 2 unspecified atom stereocenters. The average molecular weight is 276 g/mol. The van der Waals surface area contributed by atoms with Crippen LogP contribution in [0.15, 0.2) is 22.6 Å². The second kappa shape index (κ2) is 5.81. The number of benzene rings is 1. The lowest BCUT2D eigenvalue weighted by atomic mass is 10.0. The largest absolute Gasteiger partial charge is 0.497 e. The van der Waals surface area contributed by atoms with Crippen LogP contribution in [0, 0.1) is 0 Å². The number of nitrogens with zero attached hydrogens (tertiary/aromatic N) is 1. The van der Waals surface area contributed by atoms with E-state index in [9.17, 15) is 0 Å². The van der Waals surface area contributed by atoms with Crippen LogP contribution in [-0.2, 0) is 4.74 Å². The first-order valence-corrected chi connectivity index (χ1v) is 7.07. The fourth-order valence-corrected chi connectivity index (χ4v) is 2.54. The maximum atomic E-state index is 5.88. The molecule has 1 aliphatic rings. The van der Waals surface area contributed by atoms with Crippen LogP contribution in [-0.4, -0.2) is 37.9 Å². The summed E-state index contributed by atoms with van der Waals surface area (Å²) >= 11 is 0. The number of methoxy groups -OCH3 is 1. The SMILES string of the molecule is CCCNC1COCC1c1nc2cc(OC)ccc2o1. The van der Waals surface area contributed by atoms with Crippen molar-refractivity contribution in [1.82, 2.24) is 10.3 Å². The molecule has 5 heteroatoms. The van der Waals surface area contributed by atoms with Crippen LogP contribution in [0.1, 0.15) is 25.2 Å². The summed E-state index contributed by atoms with van der Waals surface area (Å²) in [7, 11) is 1.65. The third kappa shape index (κ3) is 2.51. The van der Waals surface area contributed by atoms with Crippen molar-refractivity contribution in [3.05, 3.63) is 24.1 Å². The highest BCUT2D eigenvalue weighted by Crippen LogP contribution is 2.29. The Balaban J connectivity index is 1.85. The van der Waals surface area contributed by atoms with E-state index in [0.29, 0.717) is 13.2 Å². The van der Waals surface area contributed by atoms with Gasteiger partial charge in [0.15, 0.2) is 5.58 Å². The topological polar surface area (TPSA) is 56.5 Å². The van der Waals surface area contributed by atoms with Crippen LogP contribution >= 0.6 is 0 Å². The molecule has 1 saturated heterocycles. The monoisotopic (exact) mass is 276 g/mol. The van der Waals surface area contributed by atoms with Crippen molar-refractivity contribution in [1.29, 1.82) is 0 Å². The molecule has 1 fully saturated rings. The molecule has 5 nitrogen and oxygen atoms in total. The summed E-state index contributed by atoms with van der Waals surface area (Å²) in [4.78, 5) is 4.59. The summed E-state index contributed by atoms with van der Waals surface area (Å²) in [6.07, 6.45) is 1.11. The molecule has 0 radical (unpaired) electrons. The van der Waals surface area contributed by atoms with E-state index >= 15 is 0 Å². The number of ether oxygens (including phenoxy) is 2. The van der Waals surface area contributed by atoms with Gasteiger partial charge >= 0.3 is 0 Å². The van der Waals surface area contributed by atoms with E-state index in [1.54, 1.807) is 7.11 Å². The summed E-state index contributed by atoms with van der Waals surface area (Å²) < 4.78 is 16.7. The third-order valence-electron chi connectivity index (χ3n) is 3.67. The average Bonchev–Trinajstić information content (AvgIpc) is 3.09. The Kier molecular flexibility index (Phi) is 3.89. The summed E-state index contributed by atoms with van der Waals surface area (Å²) in [5, 5.41) is 3.50. The highest BCUT2D eigenvalue weighted by molar-refractivity contribution is 5.74. The van der Waals surface area contributed by atoms with E-state index in [0.717, 1.165) is 35.7 Å². The van der Waals surface area contributed by atoms with Crippen LogP contribution in [0.4, 0.5) is 0 Å².